The number of ether oxygens (including phenoxy) is 1. The van der Waals surface area contributed by atoms with Crippen molar-refractivity contribution in [3.63, 3.8) is 0 Å². The number of hydrogen-bond donors (Lipinski definition) is 1. The summed E-state index contributed by atoms with van der Waals surface area (Å²) >= 11 is 0. The first-order valence-corrected chi connectivity index (χ1v) is 10.4. The van der Waals surface area contributed by atoms with Crippen molar-refractivity contribution in [1.82, 2.24) is 10.2 Å². The first kappa shape index (κ1) is 22.1. The van der Waals surface area contributed by atoms with E-state index in [0.29, 0.717) is 24.4 Å². The van der Waals surface area contributed by atoms with Crippen molar-refractivity contribution in [1.29, 1.82) is 0 Å². The molecule has 0 bridgehead atoms. The smallest absolute Gasteiger partial charge is 0.349 e. The minimum atomic E-state index is -0.504. The fourth-order valence-corrected chi connectivity index (χ4v) is 4.70. The third kappa shape index (κ3) is 4.60. The molecule has 1 N–H and O–H groups in total. The predicted octanol–water partition coefficient (Wildman–Crippen LogP) is 3.18. The molecule has 1 unspecified atom stereocenters. The highest BCUT2D eigenvalue weighted by Crippen LogP contribution is 2.33. The van der Waals surface area contributed by atoms with Gasteiger partial charge >= 0.3 is 5.63 Å². The molecule has 4 rings (SSSR count). The molecule has 4 heterocycles. The number of hydrogen-bond acceptors (Lipinski definition) is 5. The third-order valence-electron chi connectivity index (χ3n) is 6.37. The van der Waals surface area contributed by atoms with Crippen LogP contribution in [0.2, 0.25) is 0 Å². The second kappa shape index (κ2) is 9.02. The van der Waals surface area contributed by atoms with Crippen molar-refractivity contribution in [2.24, 2.45) is 0 Å². The summed E-state index contributed by atoms with van der Waals surface area (Å²) < 4.78 is 11.6. The Morgan fingerprint density at radius 3 is 2.66 bits per heavy atom. The Morgan fingerprint density at radius 2 is 2.03 bits per heavy atom. The Bertz CT molecular complexity index is 834. The second-order valence-electron chi connectivity index (χ2n) is 8.48. The maximum atomic E-state index is 13.1. The van der Waals surface area contributed by atoms with Gasteiger partial charge in [-0.2, -0.15) is 0 Å². The minimum absolute atomic E-state index is 0. The molecule has 29 heavy (non-hydrogen) atoms. The van der Waals surface area contributed by atoms with E-state index in [1.807, 2.05) is 13.0 Å². The predicted molar refractivity (Wildman–Crippen MR) is 114 cm³/mol. The van der Waals surface area contributed by atoms with E-state index in [1.54, 1.807) is 4.90 Å². The van der Waals surface area contributed by atoms with Crippen molar-refractivity contribution in [2.75, 3.05) is 32.8 Å². The Balaban J connectivity index is 0.00000240. The van der Waals surface area contributed by atoms with E-state index in [1.165, 1.54) is 5.57 Å². The average molecular weight is 423 g/mol. The highest BCUT2D eigenvalue weighted by atomic mass is 35.5. The Labute approximate surface area is 178 Å². The summed E-state index contributed by atoms with van der Waals surface area (Å²) in [5.41, 5.74) is 1.51. The molecule has 0 saturated carbocycles. The molecule has 1 amide bonds. The maximum Gasteiger partial charge on any atom is 0.349 e. The molecule has 2 saturated heterocycles. The van der Waals surface area contributed by atoms with E-state index < -0.39 is 5.63 Å². The van der Waals surface area contributed by atoms with Crippen LogP contribution in [0.3, 0.4) is 0 Å². The van der Waals surface area contributed by atoms with E-state index in [0.717, 1.165) is 51.8 Å². The van der Waals surface area contributed by atoms with Gasteiger partial charge in [0, 0.05) is 25.6 Å². The average Bonchev–Trinajstić information content (AvgIpc) is 2.68. The molecule has 0 aliphatic carbocycles. The molecule has 1 atom stereocenters. The Morgan fingerprint density at radius 1 is 1.28 bits per heavy atom. The standard InChI is InChI=1S/C22H30N2O4.ClH/c1-15-5-11-27-22(13-15)6-9-24(10-7-22)20(25)19-16(2)12-18(28-21(19)26)17-4-3-8-23-14-17;/h12-13,17,23H,3-11,14H2,1-2H3;1H. The molecule has 3 aliphatic rings. The number of nitrogens with one attached hydrogen (secondary N) is 1. The number of carbonyl (C=O) groups is 1. The molecular weight excluding hydrogens is 392 g/mol. The lowest BCUT2D eigenvalue weighted by atomic mass is 9.86. The number of amides is 1. The molecule has 1 spiro atoms. The molecule has 160 valence electrons. The minimum Gasteiger partial charge on any atom is -0.427 e. The lowest BCUT2D eigenvalue weighted by molar-refractivity contribution is -0.0522. The van der Waals surface area contributed by atoms with E-state index in [9.17, 15) is 9.59 Å². The summed E-state index contributed by atoms with van der Waals surface area (Å²) in [4.78, 5) is 27.5. The number of likely N-dealkylation sites (tertiary alicyclic amines) is 1. The number of halogens is 1. The van der Waals surface area contributed by atoms with E-state index >= 15 is 0 Å². The fourth-order valence-electron chi connectivity index (χ4n) is 4.70. The molecule has 0 radical (unpaired) electrons. The second-order valence-corrected chi connectivity index (χ2v) is 8.48. The van der Waals surface area contributed by atoms with Crippen LogP contribution in [0.25, 0.3) is 0 Å². The topological polar surface area (TPSA) is 71.8 Å². The van der Waals surface area contributed by atoms with E-state index in [4.69, 9.17) is 9.15 Å². The zero-order valence-corrected chi connectivity index (χ0v) is 18.1. The van der Waals surface area contributed by atoms with Gasteiger partial charge in [-0.3, -0.25) is 4.79 Å². The van der Waals surface area contributed by atoms with Gasteiger partial charge in [0.15, 0.2) is 0 Å². The van der Waals surface area contributed by atoms with Crippen LogP contribution in [0, 0.1) is 6.92 Å². The molecule has 0 aromatic carbocycles. The third-order valence-corrected chi connectivity index (χ3v) is 6.37. The number of carbonyl (C=O) groups excluding carboxylic acids is 1. The van der Waals surface area contributed by atoms with Crippen molar-refractivity contribution < 1.29 is 13.9 Å². The van der Waals surface area contributed by atoms with Crippen LogP contribution in [0.4, 0.5) is 0 Å². The molecule has 3 aliphatic heterocycles. The van der Waals surface area contributed by atoms with Crippen LogP contribution in [-0.2, 0) is 4.74 Å². The molecule has 7 heteroatoms. The molecule has 6 nitrogen and oxygen atoms in total. The molecule has 2 fully saturated rings. The van der Waals surface area contributed by atoms with Gasteiger partial charge in [0.2, 0.25) is 0 Å². The molecule has 1 aromatic heterocycles. The highest BCUT2D eigenvalue weighted by molar-refractivity contribution is 5.95. The number of rotatable bonds is 2. The zero-order chi connectivity index (χ0) is 19.7. The maximum absolute atomic E-state index is 13.1. The van der Waals surface area contributed by atoms with Crippen LogP contribution < -0.4 is 10.9 Å². The Kier molecular flexibility index (Phi) is 6.87. The quantitative estimate of drug-likeness (QED) is 0.741. The summed E-state index contributed by atoms with van der Waals surface area (Å²) in [7, 11) is 0. The lowest BCUT2D eigenvalue weighted by Crippen LogP contribution is -2.49. The molecular formula is C22H31ClN2O4. The lowest BCUT2D eigenvalue weighted by Gasteiger charge is -2.42. The van der Waals surface area contributed by atoms with Gasteiger partial charge in [0.25, 0.3) is 5.91 Å². The largest absolute Gasteiger partial charge is 0.427 e. The number of nitrogens with zero attached hydrogens (tertiary/aromatic N) is 1. The van der Waals surface area contributed by atoms with Gasteiger partial charge < -0.3 is 19.4 Å². The molecule has 1 aromatic rings. The highest BCUT2D eigenvalue weighted by Gasteiger charge is 2.37. The summed E-state index contributed by atoms with van der Waals surface area (Å²) in [6.07, 6.45) is 6.82. The number of aryl methyl sites for hydroxylation is 1. The summed E-state index contributed by atoms with van der Waals surface area (Å²) in [6, 6.07) is 1.88. The fraction of sp³-hybridized carbons (Fsp3) is 0.636. The van der Waals surface area contributed by atoms with Crippen LogP contribution in [0.5, 0.6) is 0 Å². The van der Waals surface area contributed by atoms with Crippen LogP contribution in [0.1, 0.15) is 66.6 Å². The van der Waals surface area contributed by atoms with E-state index in [-0.39, 0.29) is 35.4 Å². The number of piperidine rings is 2. The monoisotopic (exact) mass is 422 g/mol. The summed E-state index contributed by atoms with van der Waals surface area (Å²) in [5, 5.41) is 3.34. The van der Waals surface area contributed by atoms with Crippen molar-refractivity contribution in [2.45, 2.75) is 57.5 Å². The first-order valence-electron chi connectivity index (χ1n) is 10.4. The van der Waals surface area contributed by atoms with Crippen LogP contribution in [-0.4, -0.2) is 49.2 Å². The van der Waals surface area contributed by atoms with Crippen LogP contribution in [0.15, 0.2) is 26.9 Å². The normalized spacial score (nSPS) is 24.0. The van der Waals surface area contributed by atoms with Gasteiger partial charge in [-0.1, -0.05) is 11.6 Å². The van der Waals surface area contributed by atoms with Crippen molar-refractivity contribution >= 4 is 18.3 Å². The summed E-state index contributed by atoms with van der Waals surface area (Å²) in [5.74, 6) is 0.684. The van der Waals surface area contributed by atoms with Gasteiger partial charge in [-0.25, -0.2) is 4.79 Å². The SMILES string of the molecule is CC1=CC2(CCN(C(=O)c3c(C)cc(C4CCCNC4)oc3=O)CC2)OCC1.Cl. The zero-order valence-electron chi connectivity index (χ0n) is 17.3. The van der Waals surface area contributed by atoms with Crippen molar-refractivity contribution in [3.05, 3.63) is 45.0 Å². The van der Waals surface area contributed by atoms with E-state index in [2.05, 4.69) is 18.3 Å². The Hall–Kier alpha value is -1.63. The van der Waals surface area contributed by atoms with Gasteiger partial charge in [-0.15, -0.1) is 12.4 Å². The van der Waals surface area contributed by atoms with Gasteiger partial charge in [0.05, 0.1) is 12.2 Å². The first-order chi connectivity index (χ1) is 13.5. The van der Waals surface area contributed by atoms with Crippen molar-refractivity contribution in [3.8, 4) is 0 Å². The van der Waals surface area contributed by atoms with Gasteiger partial charge in [-0.05, 0) is 64.1 Å². The summed E-state index contributed by atoms with van der Waals surface area (Å²) in [6.45, 7) is 7.73. The van der Waals surface area contributed by atoms with Crippen LogP contribution >= 0.6 is 12.4 Å². The van der Waals surface area contributed by atoms with Gasteiger partial charge in [0.1, 0.15) is 11.3 Å².